The number of aldehydes is 1. The summed E-state index contributed by atoms with van der Waals surface area (Å²) in [6, 6.07) is 3.48. The number of carbonyl (C=O) groups is 2. The zero-order chi connectivity index (χ0) is 11.4. The van der Waals surface area contributed by atoms with E-state index in [0.717, 1.165) is 12.1 Å². The van der Waals surface area contributed by atoms with E-state index in [-0.39, 0.29) is 22.6 Å². The van der Waals surface area contributed by atoms with Gasteiger partial charge >= 0.3 is 0 Å². The van der Waals surface area contributed by atoms with Crippen molar-refractivity contribution in [1.29, 1.82) is 5.26 Å². The highest BCUT2D eigenvalue weighted by atomic mass is 35.5. The van der Waals surface area contributed by atoms with Gasteiger partial charge in [0.15, 0.2) is 12.1 Å². The van der Waals surface area contributed by atoms with Crippen molar-refractivity contribution in [2.75, 3.05) is 5.88 Å². The maximum Gasteiger partial charge on any atom is 0.179 e. The van der Waals surface area contributed by atoms with Crippen molar-refractivity contribution in [3.8, 4) is 6.07 Å². The summed E-state index contributed by atoms with van der Waals surface area (Å²) in [5.41, 5.74) is -0.447. The van der Waals surface area contributed by atoms with Gasteiger partial charge in [0, 0.05) is 11.1 Å². The van der Waals surface area contributed by atoms with Gasteiger partial charge in [-0.2, -0.15) is 5.26 Å². The number of ketones is 1. The highest BCUT2D eigenvalue weighted by molar-refractivity contribution is 6.30. The van der Waals surface area contributed by atoms with Crippen LogP contribution in [0.25, 0.3) is 0 Å². The first-order chi connectivity index (χ1) is 7.13. The Hall–Kier alpha value is -1.73. The summed E-state index contributed by atoms with van der Waals surface area (Å²) < 4.78 is 13.0. The summed E-state index contributed by atoms with van der Waals surface area (Å²) in [5.74, 6) is -1.70. The molecule has 0 heterocycles. The lowest BCUT2D eigenvalue weighted by Crippen LogP contribution is -2.06. The van der Waals surface area contributed by atoms with Crippen LogP contribution in [0.4, 0.5) is 4.39 Å². The number of Topliss-reactive ketones (excluding diaryl/α,β-unsaturated/α-hetero) is 1. The lowest BCUT2D eigenvalue weighted by atomic mass is 10.00. The summed E-state index contributed by atoms with van der Waals surface area (Å²) >= 11 is 5.29. The first kappa shape index (κ1) is 11.3. The summed E-state index contributed by atoms with van der Waals surface area (Å²) in [6.07, 6.45) is 0.326. The van der Waals surface area contributed by atoms with E-state index in [1.165, 1.54) is 0 Å². The Kier molecular flexibility index (Phi) is 3.53. The molecule has 0 aliphatic rings. The molecule has 0 amide bonds. The smallest absolute Gasteiger partial charge is 0.179 e. The van der Waals surface area contributed by atoms with Crippen molar-refractivity contribution < 1.29 is 14.0 Å². The molecule has 3 nitrogen and oxygen atoms in total. The second-order valence-electron chi connectivity index (χ2n) is 2.70. The van der Waals surface area contributed by atoms with Crippen LogP contribution in [0.1, 0.15) is 26.3 Å². The minimum absolute atomic E-state index is 0.142. The Labute approximate surface area is 90.1 Å². The average Bonchev–Trinajstić information content (AvgIpc) is 2.26. The van der Waals surface area contributed by atoms with Crippen LogP contribution in [-0.2, 0) is 0 Å². The fourth-order valence-corrected chi connectivity index (χ4v) is 1.28. The molecular formula is C10H5ClFNO2. The van der Waals surface area contributed by atoms with E-state index in [0.29, 0.717) is 6.29 Å². The standard InChI is InChI=1S/C10H5ClFNO2/c11-3-10(15)8-2-7(12)1-6(5-14)9(8)4-13/h1-2,5H,3H2. The Morgan fingerprint density at radius 2 is 2.27 bits per heavy atom. The molecule has 0 radical (unpaired) electrons. The minimum Gasteiger partial charge on any atom is -0.298 e. The molecular weight excluding hydrogens is 221 g/mol. The summed E-state index contributed by atoms with van der Waals surface area (Å²) in [4.78, 5) is 21.8. The first-order valence-corrected chi connectivity index (χ1v) is 4.45. The summed E-state index contributed by atoms with van der Waals surface area (Å²) in [6.45, 7) is 0. The van der Waals surface area contributed by atoms with Crippen LogP contribution < -0.4 is 0 Å². The van der Waals surface area contributed by atoms with E-state index in [1.54, 1.807) is 6.07 Å². The van der Waals surface area contributed by atoms with Crippen molar-refractivity contribution in [3.05, 3.63) is 34.6 Å². The van der Waals surface area contributed by atoms with Crippen molar-refractivity contribution in [1.82, 2.24) is 0 Å². The first-order valence-electron chi connectivity index (χ1n) is 3.92. The zero-order valence-corrected chi connectivity index (χ0v) is 8.21. The van der Waals surface area contributed by atoms with Gasteiger partial charge in [0.1, 0.15) is 11.9 Å². The summed E-state index contributed by atoms with van der Waals surface area (Å²) in [7, 11) is 0. The Morgan fingerprint density at radius 3 is 2.73 bits per heavy atom. The Balaban J connectivity index is 3.50. The van der Waals surface area contributed by atoms with Gasteiger partial charge in [-0.15, -0.1) is 11.6 Å². The fourth-order valence-electron chi connectivity index (χ4n) is 1.14. The lowest BCUT2D eigenvalue weighted by molar-refractivity contribution is 0.102. The number of halogens is 2. The van der Waals surface area contributed by atoms with Gasteiger partial charge < -0.3 is 0 Å². The van der Waals surface area contributed by atoms with Crippen molar-refractivity contribution in [3.63, 3.8) is 0 Å². The molecule has 0 aromatic heterocycles. The summed E-state index contributed by atoms with van der Waals surface area (Å²) in [5, 5.41) is 8.74. The molecule has 5 heteroatoms. The van der Waals surface area contributed by atoms with Crippen LogP contribution in [0.2, 0.25) is 0 Å². The molecule has 1 rings (SSSR count). The molecule has 0 saturated heterocycles. The molecule has 0 unspecified atom stereocenters. The number of hydrogen-bond donors (Lipinski definition) is 0. The zero-order valence-electron chi connectivity index (χ0n) is 7.46. The number of hydrogen-bond acceptors (Lipinski definition) is 3. The molecule has 0 atom stereocenters. The number of carbonyl (C=O) groups excluding carboxylic acids is 2. The molecule has 76 valence electrons. The van der Waals surface area contributed by atoms with Crippen LogP contribution in [0.15, 0.2) is 12.1 Å². The van der Waals surface area contributed by atoms with Gasteiger partial charge in [0.05, 0.1) is 11.4 Å². The third kappa shape index (κ3) is 2.20. The molecule has 15 heavy (non-hydrogen) atoms. The number of alkyl halides is 1. The SMILES string of the molecule is N#Cc1c(C=O)cc(F)cc1C(=O)CCl. The predicted molar refractivity (Wildman–Crippen MR) is 51.6 cm³/mol. The Bertz CT molecular complexity index is 465. The second kappa shape index (κ2) is 4.67. The van der Waals surface area contributed by atoms with Crippen molar-refractivity contribution in [2.24, 2.45) is 0 Å². The topological polar surface area (TPSA) is 57.9 Å². The molecule has 0 N–H and O–H groups in total. The Morgan fingerprint density at radius 1 is 1.60 bits per heavy atom. The molecule has 1 aromatic rings. The van der Waals surface area contributed by atoms with E-state index in [9.17, 15) is 14.0 Å². The van der Waals surface area contributed by atoms with Gasteiger partial charge in [-0.05, 0) is 12.1 Å². The second-order valence-corrected chi connectivity index (χ2v) is 2.97. The number of nitrogens with zero attached hydrogens (tertiary/aromatic N) is 1. The fraction of sp³-hybridized carbons (Fsp3) is 0.100. The van der Waals surface area contributed by atoms with Crippen LogP contribution in [0.3, 0.4) is 0 Å². The predicted octanol–water partition coefficient (Wildman–Crippen LogP) is 1.93. The van der Waals surface area contributed by atoms with Gasteiger partial charge in [-0.25, -0.2) is 4.39 Å². The molecule has 0 saturated carbocycles. The third-order valence-corrected chi connectivity index (χ3v) is 2.04. The molecule has 1 aromatic carbocycles. The highest BCUT2D eigenvalue weighted by Gasteiger charge is 2.15. The molecule has 0 fully saturated rings. The van der Waals surface area contributed by atoms with Gasteiger partial charge in [-0.3, -0.25) is 9.59 Å². The van der Waals surface area contributed by atoms with E-state index in [1.807, 2.05) is 0 Å². The van der Waals surface area contributed by atoms with Crippen LogP contribution in [0.5, 0.6) is 0 Å². The largest absolute Gasteiger partial charge is 0.298 e. The molecule has 0 bridgehead atoms. The average molecular weight is 226 g/mol. The minimum atomic E-state index is -0.746. The van der Waals surface area contributed by atoms with Crippen molar-refractivity contribution >= 4 is 23.7 Å². The van der Waals surface area contributed by atoms with E-state index < -0.39 is 11.6 Å². The normalized spacial score (nSPS) is 9.40. The maximum absolute atomic E-state index is 13.0. The monoisotopic (exact) mass is 225 g/mol. The van der Waals surface area contributed by atoms with E-state index in [2.05, 4.69) is 0 Å². The van der Waals surface area contributed by atoms with Gasteiger partial charge in [0.2, 0.25) is 0 Å². The van der Waals surface area contributed by atoms with Crippen molar-refractivity contribution in [2.45, 2.75) is 0 Å². The van der Waals surface area contributed by atoms with E-state index >= 15 is 0 Å². The van der Waals surface area contributed by atoms with Gasteiger partial charge in [0.25, 0.3) is 0 Å². The van der Waals surface area contributed by atoms with Crippen LogP contribution in [-0.4, -0.2) is 17.9 Å². The third-order valence-electron chi connectivity index (χ3n) is 1.79. The van der Waals surface area contributed by atoms with E-state index in [4.69, 9.17) is 16.9 Å². The number of nitriles is 1. The highest BCUT2D eigenvalue weighted by Crippen LogP contribution is 2.16. The van der Waals surface area contributed by atoms with Gasteiger partial charge in [-0.1, -0.05) is 0 Å². The molecule has 0 aliphatic heterocycles. The van der Waals surface area contributed by atoms with Crippen LogP contribution >= 0.6 is 11.6 Å². The number of rotatable bonds is 3. The quantitative estimate of drug-likeness (QED) is 0.449. The lowest BCUT2D eigenvalue weighted by Gasteiger charge is -2.03. The number of benzene rings is 1. The maximum atomic E-state index is 13.0. The molecule has 0 spiro atoms. The molecule has 0 aliphatic carbocycles. The van der Waals surface area contributed by atoms with Crippen LogP contribution in [0, 0.1) is 17.1 Å².